The van der Waals surface area contributed by atoms with Gasteiger partial charge in [-0.15, -0.1) is 0 Å². The Balaban J connectivity index is 2.01. The highest BCUT2D eigenvalue weighted by Gasteiger charge is 2.14. The Hall–Kier alpha value is -1.68. The molecule has 0 saturated carbocycles. The lowest BCUT2D eigenvalue weighted by molar-refractivity contribution is 0.439. The second-order valence-electron chi connectivity index (χ2n) is 5.75. The molecule has 1 atom stereocenters. The van der Waals surface area contributed by atoms with E-state index in [1.165, 1.54) is 5.56 Å². The fourth-order valence-corrected chi connectivity index (χ4v) is 2.39. The zero-order chi connectivity index (χ0) is 14.4. The van der Waals surface area contributed by atoms with Crippen molar-refractivity contribution >= 4 is 0 Å². The monoisotopic (exact) mass is 272 g/mol. The highest BCUT2D eigenvalue weighted by atomic mass is 15.3. The molecule has 0 amide bonds. The second kappa shape index (κ2) is 7.20. The van der Waals surface area contributed by atoms with Crippen LogP contribution in [-0.4, -0.2) is 21.3 Å². The molecule has 0 saturated heterocycles. The zero-order valence-corrected chi connectivity index (χ0v) is 12.4. The minimum Gasteiger partial charge on any atom is -0.330 e. The first kappa shape index (κ1) is 14.7. The summed E-state index contributed by atoms with van der Waals surface area (Å²) >= 11 is 0. The van der Waals surface area contributed by atoms with Crippen molar-refractivity contribution in [3.63, 3.8) is 0 Å². The Morgan fingerprint density at radius 1 is 1.15 bits per heavy atom. The van der Waals surface area contributed by atoms with Gasteiger partial charge in [-0.25, -0.2) is 9.67 Å². The van der Waals surface area contributed by atoms with E-state index in [2.05, 4.69) is 48.2 Å². The summed E-state index contributed by atoms with van der Waals surface area (Å²) in [4.78, 5) is 4.39. The van der Waals surface area contributed by atoms with Crippen molar-refractivity contribution < 1.29 is 0 Å². The van der Waals surface area contributed by atoms with E-state index in [9.17, 15) is 0 Å². The Morgan fingerprint density at radius 3 is 2.55 bits per heavy atom. The van der Waals surface area contributed by atoms with E-state index >= 15 is 0 Å². The van der Waals surface area contributed by atoms with Gasteiger partial charge in [0.1, 0.15) is 12.2 Å². The van der Waals surface area contributed by atoms with Crippen molar-refractivity contribution in [3.05, 3.63) is 48.0 Å². The van der Waals surface area contributed by atoms with Crippen LogP contribution in [0.25, 0.3) is 0 Å². The molecule has 4 heteroatoms. The van der Waals surface area contributed by atoms with Crippen LogP contribution in [0.5, 0.6) is 0 Å². The predicted molar refractivity (Wildman–Crippen MR) is 81.3 cm³/mol. The molecule has 0 bridgehead atoms. The number of nitrogens with zero attached hydrogens (tertiary/aromatic N) is 3. The standard InChI is InChI=1S/C16H24N4/c1-13(2)11-20-16(18-12-19-20)9-15(10-17)8-14-6-4-3-5-7-14/h3-7,12-13,15H,8-11,17H2,1-2H3. The number of hydrogen-bond donors (Lipinski definition) is 1. The van der Waals surface area contributed by atoms with Gasteiger partial charge >= 0.3 is 0 Å². The summed E-state index contributed by atoms with van der Waals surface area (Å²) in [6, 6.07) is 10.5. The Labute approximate surface area is 121 Å². The third-order valence-electron chi connectivity index (χ3n) is 3.41. The first-order valence-electron chi connectivity index (χ1n) is 7.29. The summed E-state index contributed by atoms with van der Waals surface area (Å²) < 4.78 is 2.01. The third kappa shape index (κ3) is 4.17. The molecule has 108 valence electrons. The van der Waals surface area contributed by atoms with E-state index in [1.54, 1.807) is 6.33 Å². The van der Waals surface area contributed by atoms with Crippen molar-refractivity contribution in [2.75, 3.05) is 6.54 Å². The van der Waals surface area contributed by atoms with Crippen LogP contribution < -0.4 is 5.73 Å². The summed E-state index contributed by atoms with van der Waals surface area (Å²) in [5, 5.41) is 4.32. The van der Waals surface area contributed by atoms with Crippen LogP contribution in [-0.2, 0) is 19.4 Å². The van der Waals surface area contributed by atoms with Crippen LogP contribution in [0.1, 0.15) is 25.2 Å². The number of benzene rings is 1. The average molecular weight is 272 g/mol. The van der Waals surface area contributed by atoms with Crippen molar-refractivity contribution in [1.82, 2.24) is 14.8 Å². The first-order valence-corrected chi connectivity index (χ1v) is 7.29. The van der Waals surface area contributed by atoms with Gasteiger partial charge in [-0.2, -0.15) is 5.10 Å². The maximum Gasteiger partial charge on any atom is 0.138 e. The van der Waals surface area contributed by atoms with E-state index in [0.29, 0.717) is 18.4 Å². The molecule has 4 nitrogen and oxygen atoms in total. The molecule has 2 aromatic rings. The van der Waals surface area contributed by atoms with E-state index in [1.807, 2.05) is 10.7 Å². The van der Waals surface area contributed by atoms with Crippen LogP contribution in [0, 0.1) is 11.8 Å². The van der Waals surface area contributed by atoms with E-state index in [-0.39, 0.29) is 0 Å². The van der Waals surface area contributed by atoms with Crippen LogP contribution >= 0.6 is 0 Å². The molecule has 1 unspecified atom stereocenters. The molecule has 0 aliphatic rings. The van der Waals surface area contributed by atoms with Crippen LogP contribution in [0.2, 0.25) is 0 Å². The molecule has 0 fully saturated rings. The Kier molecular flexibility index (Phi) is 5.30. The minimum absolute atomic E-state index is 0.410. The van der Waals surface area contributed by atoms with Gasteiger partial charge in [-0.1, -0.05) is 44.2 Å². The third-order valence-corrected chi connectivity index (χ3v) is 3.41. The van der Waals surface area contributed by atoms with Gasteiger partial charge < -0.3 is 5.73 Å². The molecule has 0 radical (unpaired) electrons. The van der Waals surface area contributed by atoms with Gasteiger partial charge in [0.15, 0.2) is 0 Å². The highest BCUT2D eigenvalue weighted by molar-refractivity contribution is 5.15. The predicted octanol–water partition coefficient (Wildman–Crippen LogP) is 2.29. The molecule has 0 aliphatic heterocycles. The SMILES string of the molecule is CC(C)Cn1ncnc1CC(CN)Cc1ccccc1. The van der Waals surface area contributed by atoms with Gasteiger partial charge in [0.05, 0.1) is 0 Å². The van der Waals surface area contributed by atoms with Gasteiger partial charge in [0, 0.05) is 13.0 Å². The molecule has 1 aromatic heterocycles. The molecule has 1 aromatic carbocycles. The molecular formula is C16H24N4. The second-order valence-corrected chi connectivity index (χ2v) is 5.75. The molecule has 0 spiro atoms. The quantitative estimate of drug-likeness (QED) is 0.841. The molecular weight excluding hydrogens is 248 g/mol. The Bertz CT molecular complexity index is 504. The van der Waals surface area contributed by atoms with E-state index < -0.39 is 0 Å². The maximum absolute atomic E-state index is 5.93. The van der Waals surface area contributed by atoms with Crippen molar-refractivity contribution in [2.45, 2.75) is 33.2 Å². The highest BCUT2D eigenvalue weighted by Crippen LogP contribution is 2.13. The van der Waals surface area contributed by atoms with Gasteiger partial charge in [-0.3, -0.25) is 0 Å². The zero-order valence-electron chi connectivity index (χ0n) is 12.4. The maximum atomic E-state index is 5.93. The van der Waals surface area contributed by atoms with Crippen LogP contribution in [0.4, 0.5) is 0 Å². The Morgan fingerprint density at radius 2 is 1.90 bits per heavy atom. The summed E-state index contributed by atoms with van der Waals surface area (Å²) in [5.74, 6) is 2.03. The number of hydrogen-bond acceptors (Lipinski definition) is 3. The largest absolute Gasteiger partial charge is 0.330 e. The van der Waals surface area contributed by atoms with Gasteiger partial charge in [0.2, 0.25) is 0 Å². The average Bonchev–Trinajstić information content (AvgIpc) is 2.85. The first-order chi connectivity index (χ1) is 9.69. The van der Waals surface area contributed by atoms with Gasteiger partial charge in [-0.05, 0) is 30.4 Å². The molecule has 20 heavy (non-hydrogen) atoms. The summed E-state index contributed by atoms with van der Waals surface area (Å²) in [5.41, 5.74) is 7.26. The van der Waals surface area contributed by atoms with Crippen LogP contribution in [0.15, 0.2) is 36.7 Å². The topological polar surface area (TPSA) is 56.7 Å². The van der Waals surface area contributed by atoms with E-state index in [4.69, 9.17) is 5.73 Å². The number of aromatic nitrogens is 3. The normalized spacial score (nSPS) is 12.8. The van der Waals surface area contributed by atoms with Crippen molar-refractivity contribution in [2.24, 2.45) is 17.6 Å². The lowest BCUT2D eigenvalue weighted by atomic mass is 9.96. The molecule has 2 N–H and O–H groups in total. The number of rotatable bonds is 7. The molecule has 1 heterocycles. The lowest BCUT2D eigenvalue weighted by Crippen LogP contribution is -2.22. The lowest BCUT2D eigenvalue weighted by Gasteiger charge is -2.15. The molecule has 2 rings (SSSR count). The summed E-state index contributed by atoms with van der Waals surface area (Å²) in [6.07, 6.45) is 3.53. The van der Waals surface area contributed by atoms with E-state index in [0.717, 1.165) is 25.2 Å². The van der Waals surface area contributed by atoms with Crippen LogP contribution in [0.3, 0.4) is 0 Å². The smallest absolute Gasteiger partial charge is 0.138 e. The van der Waals surface area contributed by atoms with Crippen molar-refractivity contribution in [1.29, 1.82) is 0 Å². The van der Waals surface area contributed by atoms with Gasteiger partial charge in [0.25, 0.3) is 0 Å². The fourth-order valence-electron chi connectivity index (χ4n) is 2.39. The fraction of sp³-hybridized carbons (Fsp3) is 0.500. The minimum atomic E-state index is 0.410. The number of nitrogens with two attached hydrogens (primary N) is 1. The van der Waals surface area contributed by atoms with Crippen molar-refractivity contribution in [3.8, 4) is 0 Å². The summed E-state index contributed by atoms with van der Waals surface area (Å²) in [7, 11) is 0. The molecule has 0 aliphatic carbocycles. The summed E-state index contributed by atoms with van der Waals surface area (Å²) in [6.45, 7) is 5.97.